The molecule has 1 N–H and O–H groups in total. The number of hydrogen-bond donors (Lipinski definition) is 1. The molecule has 0 bridgehead atoms. The number of aromatic nitrogens is 1. The van der Waals surface area contributed by atoms with Crippen molar-refractivity contribution in [2.24, 2.45) is 5.92 Å². The first-order chi connectivity index (χ1) is 15.0. The molecule has 9 heteroatoms. The van der Waals surface area contributed by atoms with Gasteiger partial charge in [-0.1, -0.05) is 29.8 Å². The fourth-order valence-electron chi connectivity index (χ4n) is 3.27. The Labute approximate surface area is 182 Å². The van der Waals surface area contributed by atoms with Gasteiger partial charge in [-0.3, -0.25) is 19.7 Å². The summed E-state index contributed by atoms with van der Waals surface area (Å²) in [7, 11) is 0. The van der Waals surface area contributed by atoms with Crippen molar-refractivity contribution in [2.75, 3.05) is 18.5 Å². The predicted molar refractivity (Wildman–Crippen MR) is 114 cm³/mol. The maximum atomic E-state index is 12.3. The zero-order valence-corrected chi connectivity index (χ0v) is 17.7. The average molecular weight is 439 g/mol. The highest BCUT2D eigenvalue weighted by Gasteiger charge is 2.35. The van der Waals surface area contributed by atoms with Gasteiger partial charge in [-0.05, 0) is 19.1 Å². The fraction of sp³-hybridized carbons (Fsp3) is 0.273. The molecule has 0 spiro atoms. The minimum Gasteiger partial charge on any atom is -0.467 e. The average Bonchev–Trinajstić information content (AvgIpc) is 3.50. The molecule has 0 saturated carbocycles. The lowest BCUT2D eigenvalue weighted by Crippen LogP contribution is -2.28. The Morgan fingerprint density at radius 1 is 1.29 bits per heavy atom. The molecule has 3 aromatic rings. The molecule has 1 fully saturated rings. The van der Waals surface area contributed by atoms with Gasteiger partial charge in [0, 0.05) is 23.9 Å². The van der Waals surface area contributed by atoms with Crippen molar-refractivity contribution < 1.29 is 23.5 Å². The molecule has 1 atom stereocenters. The van der Waals surface area contributed by atoms with Crippen LogP contribution in [0.4, 0.5) is 5.13 Å². The zero-order valence-electron chi connectivity index (χ0n) is 16.9. The second-order valence-corrected chi connectivity index (χ2v) is 8.17. The van der Waals surface area contributed by atoms with Crippen LogP contribution in [-0.2, 0) is 25.7 Å². The largest absolute Gasteiger partial charge is 0.467 e. The summed E-state index contributed by atoms with van der Waals surface area (Å²) in [4.78, 5) is 42.5. The highest BCUT2D eigenvalue weighted by Crippen LogP contribution is 2.25. The number of thiazole rings is 1. The van der Waals surface area contributed by atoms with Gasteiger partial charge in [0.25, 0.3) is 5.91 Å². The number of furan rings is 1. The van der Waals surface area contributed by atoms with E-state index in [9.17, 15) is 14.4 Å². The number of nitrogens with zero attached hydrogens (tertiary/aromatic N) is 2. The molecule has 160 valence electrons. The minimum absolute atomic E-state index is 0.0630. The topological polar surface area (TPSA) is 102 Å². The molecular weight excluding hydrogens is 418 g/mol. The first-order valence-corrected chi connectivity index (χ1v) is 10.6. The molecule has 0 radical (unpaired) electrons. The number of anilines is 1. The Hall–Kier alpha value is -3.46. The molecule has 1 aromatic carbocycles. The fourth-order valence-corrected chi connectivity index (χ4v) is 4.01. The van der Waals surface area contributed by atoms with Crippen LogP contribution in [0.25, 0.3) is 11.3 Å². The predicted octanol–water partition coefficient (Wildman–Crippen LogP) is 3.24. The third kappa shape index (κ3) is 5.18. The van der Waals surface area contributed by atoms with Crippen LogP contribution in [0.15, 0.2) is 52.5 Å². The van der Waals surface area contributed by atoms with Gasteiger partial charge in [0.05, 0.1) is 24.4 Å². The molecule has 0 aliphatic carbocycles. The van der Waals surface area contributed by atoms with Gasteiger partial charge < -0.3 is 14.1 Å². The lowest BCUT2D eigenvalue weighted by Gasteiger charge is -2.14. The van der Waals surface area contributed by atoms with Gasteiger partial charge in [-0.2, -0.15) is 0 Å². The number of nitrogens with one attached hydrogen (secondary N) is 1. The van der Waals surface area contributed by atoms with Crippen LogP contribution >= 0.6 is 11.3 Å². The third-order valence-electron chi connectivity index (χ3n) is 4.92. The van der Waals surface area contributed by atoms with E-state index in [1.165, 1.54) is 17.6 Å². The number of carbonyl (C=O) groups excluding carboxylic acids is 3. The van der Waals surface area contributed by atoms with Crippen molar-refractivity contribution in [3.8, 4) is 11.3 Å². The van der Waals surface area contributed by atoms with Gasteiger partial charge in [-0.15, -0.1) is 11.3 Å². The lowest BCUT2D eigenvalue weighted by atomic mass is 10.1. The van der Waals surface area contributed by atoms with Gasteiger partial charge >= 0.3 is 5.97 Å². The summed E-state index contributed by atoms with van der Waals surface area (Å²) in [5.74, 6) is -1.13. The molecule has 8 nitrogen and oxygen atoms in total. The number of esters is 1. The van der Waals surface area contributed by atoms with Crippen LogP contribution in [0.1, 0.15) is 17.7 Å². The third-order valence-corrected chi connectivity index (χ3v) is 5.68. The Morgan fingerprint density at radius 3 is 2.84 bits per heavy atom. The Balaban J connectivity index is 1.25. The molecule has 3 heterocycles. The molecule has 1 saturated heterocycles. The molecule has 2 aromatic heterocycles. The Kier molecular flexibility index (Phi) is 6.13. The van der Waals surface area contributed by atoms with Crippen LogP contribution in [0.3, 0.4) is 0 Å². The number of carbonyl (C=O) groups is 3. The molecule has 1 aliphatic rings. The molecule has 31 heavy (non-hydrogen) atoms. The summed E-state index contributed by atoms with van der Waals surface area (Å²) in [5.41, 5.74) is 2.87. The summed E-state index contributed by atoms with van der Waals surface area (Å²) in [6, 6.07) is 11.4. The summed E-state index contributed by atoms with van der Waals surface area (Å²) < 4.78 is 10.4. The van der Waals surface area contributed by atoms with E-state index in [2.05, 4.69) is 10.3 Å². The number of aryl methyl sites for hydroxylation is 1. The summed E-state index contributed by atoms with van der Waals surface area (Å²) in [6.07, 6.45) is 1.60. The second kappa shape index (κ2) is 9.13. The van der Waals surface area contributed by atoms with E-state index in [1.54, 1.807) is 17.0 Å². The summed E-state index contributed by atoms with van der Waals surface area (Å²) in [5, 5.41) is 4.92. The standard InChI is InChI=1S/C22H21N3O5S/c1-14-4-6-15(7-5-14)18-13-31-22(23-18)24-19(26)12-30-21(28)16-9-20(27)25(10-16)11-17-3-2-8-29-17/h2-8,13,16H,9-12H2,1H3,(H,23,24,26)/t16-/m1/s1. The summed E-state index contributed by atoms with van der Waals surface area (Å²) in [6.45, 7) is 2.13. The number of ether oxygens (including phenoxy) is 1. The van der Waals surface area contributed by atoms with E-state index in [1.807, 2.05) is 36.6 Å². The van der Waals surface area contributed by atoms with Crippen molar-refractivity contribution in [1.29, 1.82) is 0 Å². The smallest absolute Gasteiger partial charge is 0.311 e. The molecular formula is C22H21N3O5S. The van der Waals surface area contributed by atoms with Crippen LogP contribution in [0.5, 0.6) is 0 Å². The van der Waals surface area contributed by atoms with Crippen molar-refractivity contribution >= 4 is 34.3 Å². The van der Waals surface area contributed by atoms with Crippen molar-refractivity contribution in [3.63, 3.8) is 0 Å². The Bertz CT molecular complexity index is 1080. The number of amides is 2. The Morgan fingerprint density at radius 2 is 2.10 bits per heavy atom. The zero-order chi connectivity index (χ0) is 21.8. The van der Waals surface area contributed by atoms with Gasteiger partial charge in [-0.25, -0.2) is 4.98 Å². The van der Waals surface area contributed by atoms with E-state index in [0.29, 0.717) is 17.4 Å². The summed E-state index contributed by atoms with van der Waals surface area (Å²) >= 11 is 1.29. The maximum Gasteiger partial charge on any atom is 0.311 e. The quantitative estimate of drug-likeness (QED) is 0.567. The molecule has 0 unspecified atom stereocenters. The van der Waals surface area contributed by atoms with E-state index in [0.717, 1.165) is 16.8 Å². The molecule has 1 aliphatic heterocycles. The lowest BCUT2D eigenvalue weighted by molar-refractivity contribution is -0.151. The van der Waals surface area contributed by atoms with Crippen LogP contribution < -0.4 is 5.32 Å². The number of hydrogen-bond acceptors (Lipinski definition) is 7. The maximum absolute atomic E-state index is 12.3. The van der Waals surface area contributed by atoms with Gasteiger partial charge in [0.15, 0.2) is 11.7 Å². The normalized spacial score (nSPS) is 15.8. The van der Waals surface area contributed by atoms with Crippen molar-refractivity contribution in [1.82, 2.24) is 9.88 Å². The van der Waals surface area contributed by atoms with Gasteiger partial charge in [0.2, 0.25) is 5.91 Å². The van der Waals surface area contributed by atoms with E-state index >= 15 is 0 Å². The first-order valence-electron chi connectivity index (χ1n) is 9.77. The first kappa shape index (κ1) is 20.8. The van der Waals surface area contributed by atoms with E-state index in [-0.39, 0.29) is 18.9 Å². The van der Waals surface area contributed by atoms with Crippen LogP contribution in [-0.4, -0.2) is 40.8 Å². The number of rotatable bonds is 7. The monoisotopic (exact) mass is 439 g/mol. The second-order valence-electron chi connectivity index (χ2n) is 7.31. The van der Waals surface area contributed by atoms with E-state index in [4.69, 9.17) is 9.15 Å². The van der Waals surface area contributed by atoms with Crippen molar-refractivity contribution in [3.05, 3.63) is 59.4 Å². The highest BCUT2D eigenvalue weighted by molar-refractivity contribution is 7.14. The molecule has 4 rings (SSSR count). The number of benzene rings is 1. The van der Waals surface area contributed by atoms with Gasteiger partial charge in [0.1, 0.15) is 5.76 Å². The van der Waals surface area contributed by atoms with Crippen LogP contribution in [0, 0.1) is 12.8 Å². The molecule has 2 amide bonds. The van der Waals surface area contributed by atoms with E-state index < -0.39 is 24.4 Å². The SMILES string of the molecule is Cc1ccc(-c2csc(NC(=O)COC(=O)[C@@H]3CC(=O)N(Cc4ccco4)C3)n2)cc1. The number of likely N-dealkylation sites (tertiary alicyclic amines) is 1. The highest BCUT2D eigenvalue weighted by atomic mass is 32.1. The minimum atomic E-state index is -0.594. The van der Waals surface area contributed by atoms with Crippen molar-refractivity contribution in [2.45, 2.75) is 19.9 Å². The van der Waals surface area contributed by atoms with Crippen LogP contribution in [0.2, 0.25) is 0 Å².